The molecule has 0 atom stereocenters. The van der Waals surface area contributed by atoms with Crippen LogP contribution >= 0.6 is 0 Å². The summed E-state index contributed by atoms with van der Waals surface area (Å²) in [7, 11) is 0. The lowest BCUT2D eigenvalue weighted by Gasteiger charge is -2.33. The van der Waals surface area contributed by atoms with Crippen LogP contribution in [-0.2, 0) is 4.79 Å². The number of halogens is 1. The summed E-state index contributed by atoms with van der Waals surface area (Å²) >= 11 is 0. The fraction of sp³-hybridized carbons (Fsp3) is 0.364. The van der Waals surface area contributed by atoms with E-state index in [2.05, 4.69) is 4.90 Å². The minimum Gasteiger partial charge on any atom is -0.368 e. The lowest BCUT2D eigenvalue weighted by Crippen LogP contribution is -2.45. The van der Waals surface area contributed by atoms with Crippen molar-refractivity contribution in [3.8, 4) is 0 Å². The summed E-state index contributed by atoms with van der Waals surface area (Å²) in [4.78, 5) is 14.1. The highest BCUT2D eigenvalue weighted by Gasteiger charge is 2.16. The minimum absolute atomic E-state index is 0.225. The summed E-state index contributed by atoms with van der Waals surface area (Å²) in [5.41, 5.74) is 0.876. The molecule has 1 fully saturated rings. The van der Waals surface area contributed by atoms with Gasteiger partial charge in [0.25, 0.3) is 0 Å². The van der Waals surface area contributed by atoms with Crippen molar-refractivity contribution >= 4 is 12.1 Å². The van der Waals surface area contributed by atoms with Crippen molar-refractivity contribution in [3.05, 3.63) is 30.1 Å². The molecule has 0 aromatic heterocycles. The van der Waals surface area contributed by atoms with Gasteiger partial charge in [-0.3, -0.25) is 4.79 Å². The van der Waals surface area contributed by atoms with Gasteiger partial charge in [0.1, 0.15) is 5.82 Å². The van der Waals surface area contributed by atoms with Gasteiger partial charge in [-0.1, -0.05) is 6.07 Å². The maximum absolute atomic E-state index is 13.0. The SMILES string of the molecule is O=[C]N1CCN(c2cccc(F)c2)CC1. The molecule has 3 nitrogen and oxygen atoms in total. The molecule has 1 saturated heterocycles. The normalized spacial score (nSPS) is 16.6. The largest absolute Gasteiger partial charge is 0.368 e. The highest BCUT2D eigenvalue weighted by Crippen LogP contribution is 2.16. The van der Waals surface area contributed by atoms with Gasteiger partial charge in [-0.05, 0) is 18.2 Å². The van der Waals surface area contributed by atoms with Gasteiger partial charge in [0, 0.05) is 31.9 Å². The molecule has 79 valence electrons. The molecule has 1 aromatic rings. The molecular formula is C11H12FN2O. The maximum Gasteiger partial charge on any atom is 0.312 e. The molecule has 0 unspecified atom stereocenters. The fourth-order valence-corrected chi connectivity index (χ4v) is 1.73. The average molecular weight is 207 g/mol. The second-order valence-electron chi connectivity index (χ2n) is 3.55. The Morgan fingerprint density at radius 1 is 1.20 bits per heavy atom. The summed E-state index contributed by atoms with van der Waals surface area (Å²) in [6.07, 6.45) is 1.87. The zero-order valence-corrected chi connectivity index (χ0v) is 8.32. The zero-order valence-electron chi connectivity index (χ0n) is 8.32. The molecule has 0 spiro atoms. The van der Waals surface area contributed by atoms with Crippen LogP contribution in [0.4, 0.5) is 10.1 Å². The summed E-state index contributed by atoms with van der Waals surface area (Å²) in [5.74, 6) is -0.225. The Labute approximate surface area is 88.1 Å². The third-order valence-electron chi connectivity index (χ3n) is 2.58. The third kappa shape index (κ3) is 2.26. The van der Waals surface area contributed by atoms with E-state index in [0.717, 1.165) is 18.8 Å². The Hall–Kier alpha value is -1.58. The fourth-order valence-electron chi connectivity index (χ4n) is 1.73. The van der Waals surface area contributed by atoms with E-state index >= 15 is 0 Å². The third-order valence-corrected chi connectivity index (χ3v) is 2.58. The standard InChI is InChI=1S/C11H12FN2O/c12-10-2-1-3-11(8-10)14-6-4-13(9-15)5-7-14/h1-3,8H,4-7H2. The van der Waals surface area contributed by atoms with Gasteiger partial charge in [-0.2, -0.15) is 0 Å². The predicted octanol–water partition coefficient (Wildman–Crippen LogP) is 1.01. The number of piperazine rings is 1. The van der Waals surface area contributed by atoms with Crippen molar-refractivity contribution < 1.29 is 9.18 Å². The highest BCUT2D eigenvalue weighted by atomic mass is 19.1. The molecule has 1 amide bonds. The van der Waals surface area contributed by atoms with Crippen molar-refractivity contribution in [2.75, 3.05) is 31.1 Å². The first-order valence-corrected chi connectivity index (χ1v) is 4.93. The van der Waals surface area contributed by atoms with E-state index in [1.54, 1.807) is 11.0 Å². The van der Waals surface area contributed by atoms with Crippen molar-refractivity contribution in [2.24, 2.45) is 0 Å². The van der Waals surface area contributed by atoms with E-state index in [9.17, 15) is 9.18 Å². The van der Waals surface area contributed by atoms with Gasteiger partial charge in [0.2, 0.25) is 0 Å². The van der Waals surface area contributed by atoms with Crippen LogP contribution in [0.2, 0.25) is 0 Å². The summed E-state index contributed by atoms with van der Waals surface area (Å²) < 4.78 is 13.0. The topological polar surface area (TPSA) is 23.6 Å². The average Bonchev–Trinajstić information content (AvgIpc) is 2.29. The molecule has 1 aliphatic rings. The van der Waals surface area contributed by atoms with Crippen LogP contribution in [0, 0.1) is 5.82 Å². The Morgan fingerprint density at radius 3 is 2.53 bits per heavy atom. The Balaban J connectivity index is 2.04. The first-order valence-electron chi connectivity index (χ1n) is 4.93. The first-order chi connectivity index (χ1) is 7.29. The molecule has 2 rings (SSSR count). The van der Waals surface area contributed by atoms with Gasteiger partial charge < -0.3 is 9.80 Å². The van der Waals surface area contributed by atoms with Crippen LogP contribution in [0.25, 0.3) is 0 Å². The van der Waals surface area contributed by atoms with Crippen LogP contribution in [-0.4, -0.2) is 37.5 Å². The van der Waals surface area contributed by atoms with Crippen LogP contribution in [0.15, 0.2) is 24.3 Å². The number of hydrogen-bond acceptors (Lipinski definition) is 2. The molecule has 0 aliphatic carbocycles. The number of rotatable bonds is 2. The van der Waals surface area contributed by atoms with E-state index in [0.29, 0.717) is 13.1 Å². The van der Waals surface area contributed by atoms with Crippen LogP contribution in [0.1, 0.15) is 0 Å². The first kappa shape index (κ1) is 9.96. The van der Waals surface area contributed by atoms with Crippen molar-refractivity contribution in [2.45, 2.75) is 0 Å². The van der Waals surface area contributed by atoms with Crippen LogP contribution < -0.4 is 4.90 Å². The molecule has 0 saturated carbocycles. The Bertz CT molecular complexity index is 348. The van der Waals surface area contributed by atoms with E-state index in [1.807, 2.05) is 12.5 Å². The van der Waals surface area contributed by atoms with Gasteiger partial charge >= 0.3 is 6.41 Å². The zero-order chi connectivity index (χ0) is 10.7. The maximum atomic E-state index is 13.0. The highest BCUT2D eigenvalue weighted by molar-refractivity contribution is 5.51. The van der Waals surface area contributed by atoms with Crippen LogP contribution in [0.3, 0.4) is 0 Å². The van der Waals surface area contributed by atoms with Crippen molar-refractivity contribution in [3.63, 3.8) is 0 Å². The smallest absolute Gasteiger partial charge is 0.312 e. The number of anilines is 1. The predicted molar refractivity (Wildman–Crippen MR) is 55.9 cm³/mol. The number of hydrogen-bond donors (Lipinski definition) is 0. The number of nitrogens with zero attached hydrogens (tertiary/aromatic N) is 2. The van der Waals surface area contributed by atoms with Gasteiger partial charge in [0.05, 0.1) is 0 Å². The van der Waals surface area contributed by atoms with Gasteiger partial charge in [-0.15, -0.1) is 0 Å². The minimum atomic E-state index is -0.225. The van der Waals surface area contributed by atoms with Gasteiger partial charge in [0.15, 0.2) is 0 Å². The van der Waals surface area contributed by atoms with Gasteiger partial charge in [-0.25, -0.2) is 4.39 Å². The molecule has 0 N–H and O–H groups in total. The summed E-state index contributed by atoms with van der Waals surface area (Å²) in [5, 5.41) is 0. The molecular weight excluding hydrogens is 195 g/mol. The van der Waals surface area contributed by atoms with Crippen molar-refractivity contribution in [1.29, 1.82) is 0 Å². The second kappa shape index (κ2) is 4.29. The molecule has 15 heavy (non-hydrogen) atoms. The molecule has 1 radical (unpaired) electrons. The van der Waals surface area contributed by atoms with E-state index < -0.39 is 0 Å². The lowest BCUT2D eigenvalue weighted by molar-refractivity contribution is 0.356. The quantitative estimate of drug-likeness (QED) is 0.722. The summed E-state index contributed by atoms with van der Waals surface area (Å²) in [6.45, 7) is 2.78. The van der Waals surface area contributed by atoms with E-state index in [1.165, 1.54) is 12.1 Å². The number of benzene rings is 1. The van der Waals surface area contributed by atoms with E-state index in [4.69, 9.17) is 0 Å². The van der Waals surface area contributed by atoms with Crippen LogP contribution in [0.5, 0.6) is 0 Å². The number of carbonyl (C=O) groups excluding carboxylic acids is 1. The second-order valence-corrected chi connectivity index (χ2v) is 3.55. The lowest BCUT2D eigenvalue weighted by atomic mass is 10.2. The van der Waals surface area contributed by atoms with E-state index in [-0.39, 0.29) is 5.82 Å². The molecule has 4 heteroatoms. The Morgan fingerprint density at radius 2 is 1.93 bits per heavy atom. The number of amides is 1. The molecule has 1 aromatic carbocycles. The molecule has 1 aliphatic heterocycles. The van der Waals surface area contributed by atoms with Crippen molar-refractivity contribution in [1.82, 2.24) is 4.90 Å². The monoisotopic (exact) mass is 207 g/mol. The molecule has 1 heterocycles. The summed E-state index contributed by atoms with van der Waals surface area (Å²) in [6, 6.07) is 6.52. The molecule has 0 bridgehead atoms. The Kier molecular flexibility index (Phi) is 2.85.